The number of hydrogen-bond donors (Lipinski definition) is 1. The van der Waals surface area contributed by atoms with Crippen LogP contribution in [0.3, 0.4) is 0 Å². The second-order valence-corrected chi connectivity index (χ2v) is 9.45. The zero-order valence-corrected chi connectivity index (χ0v) is 22.1. The molecule has 2 amide bonds. The van der Waals surface area contributed by atoms with Crippen molar-refractivity contribution in [2.24, 2.45) is 0 Å². The van der Waals surface area contributed by atoms with Crippen LogP contribution in [-0.4, -0.2) is 39.6 Å². The number of aromatic nitrogens is 2. The molecule has 1 heterocycles. The summed E-state index contributed by atoms with van der Waals surface area (Å²) in [5.74, 6) is 0.0925. The zero-order chi connectivity index (χ0) is 26.4. The first-order valence-corrected chi connectivity index (χ1v) is 12.8. The van der Waals surface area contributed by atoms with Gasteiger partial charge >= 0.3 is 0 Å². The van der Waals surface area contributed by atoms with Crippen LogP contribution in [0.2, 0.25) is 5.02 Å². The third kappa shape index (κ3) is 6.09. The number of nitrogens with zero attached hydrogens (tertiary/aromatic N) is 3. The van der Waals surface area contributed by atoms with Crippen LogP contribution in [0.25, 0.3) is 16.8 Å². The summed E-state index contributed by atoms with van der Waals surface area (Å²) in [5.41, 5.74) is 5.01. The summed E-state index contributed by atoms with van der Waals surface area (Å²) in [6, 6.07) is 24.5. The maximum atomic E-state index is 13.5. The van der Waals surface area contributed by atoms with E-state index in [2.05, 4.69) is 12.2 Å². The van der Waals surface area contributed by atoms with Crippen molar-refractivity contribution in [3.05, 3.63) is 101 Å². The van der Waals surface area contributed by atoms with E-state index in [1.807, 2.05) is 68.4 Å². The van der Waals surface area contributed by atoms with Crippen LogP contribution >= 0.6 is 11.6 Å². The lowest BCUT2D eigenvalue weighted by atomic mass is 10.1. The van der Waals surface area contributed by atoms with E-state index in [1.54, 1.807) is 33.8 Å². The molecular weight excluding hydrogens is 484 g/mol. The number of anilines is 1. The lowest BCUT2D eigenvalue weighted by Gasteiger charge is -2.23. The number of aryl methyl sites for hydroxylation is 2. The van der Waals surface area contributed by atoms with Gasteiger partial charge in [-0.15, -0.1) is 0 Å². The molecule has 0 aliphatic heterocycles. The van der Waals surface area contributed by atoms with E-state index in [0.717, 1.165) is 40.9 Å². The van der Waals surface area contributed by atoms with E-state index in [4.69, 9.17) is 16.7 Å². The van der Waals surface area contributed by atoms with E-state index in [9.17, 15) is 9.59 Å². The molecule has 0 aliphatic rings. The Hall–Kier alpha value is -3.90. The van der Waals surface area contributed by atoms with Gasteiger partial charge < -0.3 is 10.2 Å². The Balaban J connectivity index is 1.68. The average molecular weight is 515 g/mol. The van der Waals surface area contributed by atoms with E-state index in [0.29, 0.717) is 22.9 Å². The Labute approximate surface area is 222 Å². The van der Waals surface area contributed by atoms with Gasteiger partial charge in [0.1, 0.15) is 12.4 Å². The van der Waals surface area contributed by atoms with Crippen molar-refractivity contribution in [2.45, 2.75) is 33.6 Å². The second-order valence-electron chi connectivity index (χ2n) is 9.01. The predicted octanol–water partition coefficient (Wildman–Crippen LogP) is 6.69. The third-order valence-corrected chi connectivity index (χ3v) is 6.47. The molecule has 7 heteroatoms. The van der Waals surface area contributed by atoms with Gasteiger partial charge in [0.05, 0.1) is 11.4 Å². The summed E-state index contributed by atoms with van der Waals surface area (Å²) in [6.45, 7) is 6.41. The Morgan fingerprint density at radius 2 is 1.62 bits per heavy atom. The molecule has 3 aromatic carbocycles. The van der Waals surface area contributed by atoms with Gasteiger partial charge in [0.25, 0.3) is 5.91 Å². The minimum absolute atomic E-state index is 0.0757. The number of carbonyl (C=O) groups is 2. The van der Waals surface area contributed by atoms with Gasteiger partial charge in [0.15, 0.2) is 0 Å². The average Bonchev–Trinajstić information content (AvgIpc) is 3.22. The molecule has 0 fully saturated rings. The number of unbranched alkanes of at least 4 members (excludes halogenated alkanes) is 1. The highest BCUT2D eigenvalue weighted by Crippen LogP contribution is 2.34. The van der Waals surface area contributed by atoms with Gasteiger partial charge in [-0.1, -0.05) is 73.5 Å². The molecular formula is C30H31ClN4O2. The van der Waals surface area contributed by atoms with Crippen LogP contribution < -0.4 is 5.32 Å². The molecule has 0 bridgehead atoms. The van der Waals surface area contributed by atoms with Gasteiger partial charge in [-0.2, -0.15) is 5.10 Å². The number of benzene rings is 3. The highest BCUT2D eigenvalue weighted by molar-refractivity contribution is 6.30. The quantitative estimate of drug-likeness (QED) is 0.270. The highest BCUT2D eigenvalue weighted by Gasteiger charge is 2.23. The minimum Gasteiger partial charge on any atom is -0.329 e. The van der Waals surface area contributed by atoms with Crippen molar-refractivity contribution in [3.63, 3.8) is 0 Å². The summed E-state index contributed by atoms with van der Waals surface area (Å²) >= 11 is 6.00. The SMILES string of the molecule is CCCCN(CC(=O)Nc1c(-c2ccccc2)c(C)nn1-c1ccccc1C)C(=O)c1ccc(Cl)cc1. The molecule has 4 rings (SSSR count). The molecule has 1 aromatic heterocycles. The van der Waals surface area contributed by atoms with Crippen molar-refractivity contribution in [2.75, 3.05) is 18.4 Å². The molecule has 0 radical (unpaired) electrons. The van der Waals surface area contributed by atoms with Crippen molar-refractivity contribution in [1.29, 1.82) is 0 Å². The lowest BCUT2D eigenvalue weighted by molar-refractivity contribution is -0.116. The predicted molar refractivity (Wildman–Crippen MR) is 149 cm³/mol. The summed E-state index contributed by atoms with van der Waals surface area (Å²) in [4.78, 5) is 28.3. The Bertz CT molecular complexity index is 1380. The van der Waals surface area contributed by atoms with Gasteiger partial charge in [0, 0.05) is 22.7 Å². The smallest absolute Gasteiger partial charge is 0.254 e. The van der Waals surface area contributed by atoms with Crippen LogP contribution in [0.1, 0.15) is 41.4 Å². The fraction of sp³-hybridized carbons (Fsp3) is 0.233. The fourth-order valence-corrected chi connectivity index (χ4v) is 4.42. The van der Waals surface area contributed by atoms with Crippen molar-refractivity contribution < 1.29 is 9.59 Å². The molecule has 6 nitrogen and oxygen atoms in total. The summed E-state index contributed by atoms with van der Waals surface area (Å²) < 4.78 is 1.78. The van der Waals surface area contributed by atoms with Crippen molar-refractivity contribution in [1.82, 2.24) is 14.7 Å². The number of nitrogens with one attached hydrogen (secondary N) is 1. The summed E-state index contributed by atoms with van der Waals surface area (Å²) in [6.07, 6.45) is 1.70. The maximum Gasteiger partial charge on any atom is 0.254 e. The van der Waals surface area contributed by atoms with Crippen molar-refractivity contribution >= 4 is 29.2 Å². The monoisotopic (exact) mass is 514 g/mol. The van der Waals surface area contributed by atoms with Gasteiger partial charge in [-0.3, -0.25) is 9.59 Å². The molecule has 0 saturated heterocycles. The molecule has 1 N–H and O–H groups in total. The first kappa shape index (κ1) is 26.2. The normalized spacial score (nSPS) is 10.8. The van der Waals surface area contributed by atoms with E-state index < -0.39 is 0 Å². The molecule has 4 aromatic rings. The lowest BCUT2D eigenvalue weighted by Crippen LogP contribution is -2.39. The first-order valence-electron chi connectivity index (χ1n) is 12.4. The molecule has 0 saturated carbocycles. The Morgan fingerprint density at radius 3 is 2.30 bits per heavy atom. The van der Waals surface area contributed by atoms with Crippen LogP contribution in [0, 0.1) is 13.8 Å². The standard InChI is InChI=1S/C30H31ClN4O2/c1-4-5-19-34(30(37)24-15-17-25(31)18-16-24)20-27(36)32-29-28(23-12-7-6-8-13-23)22(3)33-35(29)26-14-10-9-11-21(26)2/h6-18H,4-5,19-20H2,1-3H3,(H,32,36). The largest absolute Gasteiger partial charge is 0.329 e. The van der Waals surface area contributed by atoms with Crippen LogP contribution in [-0.2, 0) is 4.79 Å². The molecule has 0 spiro atoms. The summed E-state index contributed by atoms with van der Waals surface area (Å²) in [7, 11) is 0. The number of carbonyl (C=O) groups excluding carboxylic acids is 2. The highest BCUT2D eigenvalue weighted by atomic mass is 35.5. The van der Waals surface area contributed by atoms with Crippen LogP contribution in [0.4, 0.5) is 5.82 Å². The Morgan fingerprint density at radius 1 is 0.946 bits per heavy atom. The number of para-hydroxylation sites is 1. The molecule has 0 unspecified atom stereocenters. The van der Waals surface area contributed by atoms with E-state index in [-0.39, 0.29) is 18.4 Å². The molecule has 0 aliphatic carbocycles. The zero-order valence-electron chi connectivity index (χ0n) is 21.4. The Kier molecular flexibility index (Phi) is 8.41. The molecule has 0 atom stereocenters. The number of halogens is 1. The number of hydrogen-bond acceptors (Lipinski definition) is 3. The maximum absolute atomic E-state index is 13.5. The minimum atomic E-state index is -0.287. The van der Waals surface area contributed by atoms with E-state index in [1.165, 1.54) is 0 Å². The van der Waals surface area contributed by atoms with Crippen LogP contribution in [0.15, 0.2) is 78.9 Å². The third-order valence-electron chi connectivity index (χ3n) is 6.22. The molecule has 37 heavy (non-hydrogen) atoms. The fourth-order valence-electron chi connectivity index (χ4n) is 4.29. The topological polar surface area (TPSA) is 67.2 Å². The second kappa shape index (κ2) is 11.9. The van der Waals surface area contributed by atoms with E-state index >= 15 is 0 Å². The van der Waals surface area contributed by atoms with Crippen molar-refractivity contribution in [3.8, 4) is 16.8 Å². The van der Waals surface area contributed by atoms with Gasteiger partial charge in [-0.05, 0) is 61.7 Å². The van der Waals surface area contributed by atoms with Crippen LogP contribution in [0.5, 0.6) is 0 Å². The van der Waals surface area contributed by atoms with Gasteiger partial charge in [-0.25, -0.2) is 4.68 Å². The number of amides is 2. The van der Waals surface area contributed by atoms with Gasteiger partial charge in [0.2, 0.25) is 5.91 Å². The number of rotatable bonds is 9. The molecule has 190 valence electrons. The first-order chi connectivity index (χ1) is 17.9. The summed E-state index contributed by atoms with van der Waals surface area (Å²) in [5, 5.41) is 8.45.